The second-order valence-corrected chi connectivity index (χ2v) is 6.10. The third-order valence-electron chi connectivity index (χ3n) is 3.69. The van der Waals surface area contributed by atoms with Crippen molar-refractivity contribution >= 4 is 23.2 Å². The first-order valence-electron chi connectivity index (χ1n) is 6.48. The largest absolute Gasteiger partial charge is 0.480 e. The topological polar surface area (TPSA) is 79.3 Å². The number of carboxylic acids is 1. The fourth-order valence-corrected chi connectivity index (χ4v) is 3.01. The van der Waals surface area contributed by atoms with Gasteiger partial charge in [0.05, 0.1) is 6.04 Å². The van der Waals surface area contributed by atoms with Crippen molar-refractivity contribution in [2.45, 2.75) is 45.6 Å². The monoisotopic (exact) mass is 282 g/mol. The van der Waals surface area contributed by atoms with Crippen LogP contribution in [0.4, 0.5) is 0 Å². The molecule has 0 radical (unpaired) electrons. The fourth-order valence-electron chi connectivity index (χ4n) is 2.15. The first kappa shape index (κ1) is 14.0. The Morgan fingerprint density at radius 1 is 1.58 bits per heavy atom. The van der Waals surface area contributed by atoms with E-state index in [-0.39, 0.29) is 11.9 Å². The minimum Gasteiger partial charge on any atom is -0.480 e. The Kier molecular flexibility index (Phi) is 3.89. The number of carbonyl (C=O) groups is 2. The van der Waals surface area contributed by atoms with Gasteiger partial charge in [-0.3, -0.25) is 9.59 Å². The van der Waals surface area contributed by atoms with Gasteiger partial charge in [0.1, 0.15) is 10.4 Å². The van der Waals surface area contributed by atoms with Crippen molar-refractivity contribution in [1.29, 1.82) is 0 Å². The van der Waals surface area contributed by atoms with E-state index in [0.29, 0.717) is 12.8 Å². The van der Waals surface area contributed by atoms with Gasteiger partial charge in [0.25, 0.3) is 0 Å². The Hall–Kier alpha value is -1.43. The van der Waals surface area contributed by atoms with Crippen LogP contribution in [0.25, 0.3) is 0 Å². The molecule has 0 aliphatic heterocycles. The van der Waals surface area contributed by atoms with Gasteiger partial charge in [0.15, 0.2) is 0 Å². The third kappa shape index (κ3) is 2.49. The highest BCUT2D eigenvalue weighted by atomic mass is 32.1. The van der Waals surface area contributed by atoms with E-state index in [1.807, 2.05) is 13.8 Å². The highest BCUT2D eigenvalue weighted by Gasteiger charge is 2.51. The molecule has 1 fully saturated rings. The van der Waals surface area contributed by atoms with Gasteiger partial charge in [-0.25, -0.2) is 4.98 Å². The second kappa shape index (κ2) is 5.28. The first-order valence-corrected chi connectivity index (χ1v) is 7.30. The van der Waals surface area contributed by atoms with Crippen molar-refractivity contribution in [3.05, 3.63) is 16.1 Å². The third-order valence-corrected chi connectivity index (χ3v) is 5.01. The molecule has 2 N–H and O–H groups in total. The van der Waals surface area contributed by atoms with Crippen LogP contribution >= 0.6 is 11.3 Å². The van der Waals surface area contributed by atoms with Crippen molar-refractivity contribution in [3.8, 4) is 0 Å². The SMILES string of the molecule is CCc1cnc(C(C)NC(=O)C2(C(=O)O)CCC2)s1. The maximum absolute atomic E-state index is 12.1. The molecule has 2 rings (SSSR count). The summed E-state index contributed by atoms with van der Waals surface area (Å²) in [5.74, 6) is -1.40. The number of hydrogen-bond acceptors (Lipinski definition) is 4. The predicted molar refractivity (Wildman–Crippen MR) is 72.0 cm³/mol. The Balaban J connectivity index is 2.04. The van der Waals surface area contributed by atoms with Gasteiger partial charge in [0, 0.05) is 11.1 Å². The van der Waals surface area contributed by atoms with Gasteiger partial charge in [-0.1, -0.05) is 13.3 Å². The summed E-state index contributed by atoms with van der Waals surface area (Å²) in [6.07, 6.45) is 4.37. The maximum Gasteiger partial charge on any atom is 0.319 e. The summed E-state index contributed by atoms with van der Waals surface area (Å²) in [4.78, 5) is 28.8. The zero-order valence-electron chi connectivity index (χ0n) is 11.1. The van der Waals surface area contributed by atoms with Crippen molar-refractivity contribution < 1.29 is 14.7 Å². The Labute approximate surface area is 116 Å². The number of carbonyl (C=O) groups excluding carboxylic acids is 1. The summed E-state index contributed by atoms with van der Waals surface area (Å²) in [5.41, 5.74) is -1.21. The van der Waals surface area contributed by atoms with E-state index < -0.39 is 11.4 Å². The van der Waals surface area contributed by atoms with Crippen LogP contribution in [0, 0.1) is 5.41 Å². The number of rotatable bonds is 5. The van der Waals surface area contributed by atoms with Crippen LogP contribution in [0.15, 0.2) is 6.20 Å². The van der Waals surface area contributed by atoms with E-state index in [1.54, 1.807) is 17.5 Å². The molecule has 0 bridgehead atoms. The summed E-state index contributed by atoms with van der Waals surface area (Å²) in [7, 11) is 0. The zero-order valence-corrected chi connectivity index (χ0v) is 11.9. The molecular weight excluding hydrogens is 264 g/mol. The number of carboxylic acid groups (broad SMARTS) is 1. The lowest BCUT2D eigenvalue weighted by atomic mass is 9.68. The molecule has 0 aromatic carbocycles. The van der Waals surface area contributed by atoms with Gasteiger partial charge in [-0.2, -0.15) is 0 Å². The molecular formula is C13H18N2O3S. The molecule has 1 amide bonds. The lowest BCUT2D eigenvalue weighted by Crippen LogP contribution is -2.51. The van der Waals surface area contributed by atoms with Crippen LogP contribution in [0.1, 0.15) is 49.0 Å². The molecule has 1 aliphatic rings. The Morgan fingerprint density at radius 2 is 2.26 bits per heavy atom. The quantitative estimate of drug-likeness (QED) is 0.811. The summed E-state index contributed by atoms with van der Waals surface area (Å²) >= 11 is 1.55. The normalized spacial score (nSPS) is 18.4. The van der Waals surface area contributed by atoms with Crippen molar-refractivity contribution in [2.24, 2.45) is 5.41 Å². The highest BCUT2D eigenvalue weighted by molar-refractivity contribution is 7.11. The van der Waals surface area contributed by atoms with Crippen molar-refractivity contribution in [2.75, 3.05) is 0 Å². The molecule has 5 nitrogen and oxygen atoms in total. The van der Waals surface area contributed by atoms with E-state index in [0.717, 1.165) is 22.7 Å². The Morgan fingerprint density at radius 3 is 2.68 bits per heavy atom. The second-order valence-electron chi connectivity index (χ2n) is 4.95. The standard InChI is InChI=1S/C13H18N2O3S/c1-3-9-7-14-10(19-9)8(2)15-11(16)13(12(17)18)5-4-6-13/h7-8H,3-6H2,1-2H3,(H,15,16)(H,17,18). The van der Waals surface area contributed by atoms with Gasteiger partial charge >= 0.3 is 5.97 Å². The molecule has 0 saturated heterocycles. The average Bonchev–Trinajstić information content (AvgIpc) is 2.75. The van der Waals surface area contributed by atoms with E-state index in [1.165, 1.54) is 0 Å². The van der Waals surface area contributed by atoms with Crippen LogP contribution in [0.3, 0.4) is 0 Å². The van der Waals surface area contributed by atoms with Crippen LogP contribution in [0.5, 0.6) is 0 Å². The first-order chi connectivity index (χ1) is 8.99. The van der Waals surface area contributed by atoms with Gasteiger partial charge in [-0.15, -0.1) is 11.3 Å². The number of amides is 1. The molecule has 1 unspecified atom stereocenters. The lowest BCUT2D eigenvalue weighted by molar-refractivity contribution is -0.162. The van der Waals surface area contributed by atoms with Crippen molar-refractivity contribution in [3.63, 3.8) is 0 Å². The highest BCUT2D eigenvalue weighted by Crippen LogP contribution is 2.41. The molecule has 1 saturated carbocycles. The van der Waals surface area contributed by atoms with E-state index >= 15 is 0 Å². The van der Waals surface area contributed by atoms with Crippen LogP contribution < -0.4 is 5.32 Å². The molecule has 1 aromatic rings. The minimum absolute atomic E-state index is 0.241. The van der Waals surface area contributed by atoms with Crippen LogP contribution in [0.2, 0.25) is 0 Å². The minimum atomic E-state index is -1.21. The molecule has 1 aromatic heterocycles. The van der Waals surface area contributed by atoms with Crippen LogP contribution in [-0.2, 0) is 16.0 Å². The van der Waals surface area contributed by atoms with Gasteiger partial charge < -0.3 is 10.4 Å². The summed E-state index contributed by atoms with van der Waals surface area (Å²) < 4.78 is 0. The molecule has 6 heteroatoms. The van der Waals surface area contributed by atoms with Gasteiger partial charge in [0.2, 0.25) is 5.91 Å². The lowest BCUT2D eigenvalue weighted by Gasteiger charge is -2.36. The van der Waals surface area contributed by atoms with E-state index in [9.17, 15) is 14.7 Å². The molecule has 1 aliphatic carbocycles. The Bertz CT molecular complexity index is 494. The van der Waals surface area contributed by atoms with E-state index in [2.05, 4.69) is 10.3 Å². The number of hydrogen-bond donors (Lipinski definition) is 2. The average molecular weight is 282 g/mol. The van der Waals surface area contributed by atoms with Crippen LogP contribution in [-0.4, -0.2) is 22.0 Å². The number of aromatic nitrogens is 1. The smallest absolute Gasteiger partial charge is 0.319 e. The summed E-state index contributed by atoms with van der Waals surface area (Å²) in [5, 5.41) is 12.8. The van der Waals surface area contributed by atoms with E-state index in [4.69, 9.17) is 0 Å². The number of nitrogens with zero attached hydrogens (tertiary/aromatic N) is 1. The molecule has 1 heterocycles. The maximum atomic E-state index is 12.1. The van der Waals surface area contributed by atoms with Gasteiger partial charge in [-0.05, 0) is 26.2 Å². The van der Waals surface area contributed by atoms with Crippen molar-refractivity contribution in [1.82, 2.24) is 10.3 Å². The zero-order chi connectivity index (χ0) is 14.0. The molecule has 0 spiro atoms. The number of nitrogens with one attached hydrogen (secondary N) is 1. The number of aliphatic carboxylic acids is 1. The molecule has 104 valence electrons. The number of aryl methyl sites for hydroxylation is 1. The summed E-state index contributed by atoms with van der Waals surface area (Å²) in [6, 6.07) is -0.241. The summed E-state index contributed by atoms with van der Waals surface area (Å²) in [6.45, 7) is 3.89. The fraction of sp³-hybridized carbons (Fsp3) is 0.615. The molecule has 19 heavy (non-hydrogen) atoms. The molecule has 1 atom stereocenters. The predicted octanol–water partition coefficient (Wildman–Crippen LogP) is 2.14. The number of thiazole rings is 1.